The SMILES string of the molecule is CC.CC.CCC(=O)O.CCC(=O)O.CCCN(CCC)C(CCC(C)=O)C(=O)O.CCCN(CCC)CC(=O)O. The highest BCUT2D eigenvalue weighted by Crippen LogP contribution is 2.10. The van der Waals surface area contributed by atoms with Gasteiger partial charge < -0.3 is 25.2 Å². The van der Waals surface area contributed by atoms with Crippen LogP contribution in [-0.4, -0.2) is 98.7 Å². The van der Waals surface area contributed by atoms with Crippen LogP contribution in [0, 0.1) is 0 Å². The second kappa shape index (κ2) is 41.9. The van der Waals surface area contributed by atoms with Crippen LogP contribution in [0.15, 0.2) is 0 Å². The van der Waals surface area contributed by atoms with Crippen LogP contribution in [0.2, 0.25) is 0 Å². The number of hydrogen-bond acceptors (Lipinski definition) is 7. The first-order valence-electron chi connectivity index (χ1n) is 15.1. The van der Waals surface area contributed by atoms with E-state index >= 15 is 0 Å². The van der Waals surface area contributed by atoms with E-state index in [1.54, 1.807) is 13.8 Å². The molecule has 0 fully saturated rings. The van der Waals surface area contributed by atoms with Crippen molar-refractivity contribution in [3.05, 3.63) is 0 Å². The Kier molecular flexibility index (Phi) is 52.4. The Morgan fingerprint density at radius 3 is 1.10 bits per heavy atom. The molecule has 0 saturated heterocycles. The molecule has 11 nitrogen and oxygen atoms in total. The van der Waals surface area contributed by atoms with Gasteiger partial charge in [0.1, 0.15) is 11.8 Å². The Morgan fingerprint density at radius 1 is 0.585 bits per heavy atom. The molecule has 0 aromatic heterocycles. The number of hydrogen-bond donors (Lipinski definition) is 4. The number of nitrogens with zero attached hydrogens (tertiary/aromatic N) is 2. The van der Waals surface area contributed by atoms with E-state index in [9.17, 15) is 24.0 Å². The zero-order valence-corrected chi connectivity index (χ0v) is 28.0. The lowest BCUT2D eigenvalue weighted by molar-refractivity contribution is -0.144. The highest BCUT2D eigenvalue weighted by molar-refractivity contribution is 5.78. The van der Waals surface area contributed by atoms with Gasteiger partial charge in [0.25, 0.3) is 0 Å². The number of Topliss-reactive ketones (excluding diaryl/α,β-unsaturated/α-hetero) is 1. The molecular weight excluding hydrogens is 532 g/mol. The number of carboxylic acids is 4. The average molecular weight is 597 g/mol. The maximum Gasteiger partial charge on any atom is 0.320 e. The summed E-state index contributed by atoms with van der Waals surface area (Å²) in [4.78, 5) is 55.0. The van der Waals surface area contributed by atoms with Crippen LogP contribution in [0.1, 0.15) is 128 Å². The summed E-state index contributed by atoms with van der Waals surface area (Å²) in [5.41, 5.74) is 0. The Labute approximate surface area is 250 Å². The average Bonchev–Trinajstić information content (AvgIpc) is 2.92. The molecular formula is C30H64N2O9. The maximum absolute atomic E-state index is 11.2. The van der Waals surface area contributed by atoms with Crippen LogP contribution in [0.3, 0.4) is 0 Å². The molecule has 0 radical (unpaired) electrons. The van der Waals surface area contributed by atoms with Gasteiger partial charge in [-0.3, -0.25) is 29.0 Å². The first kappa shape index (κ1) is 51.2. The number of carbonyl (C=O) groups is 5. The summed E-state index contributed by atoms with van der Waals surface area (Å²) in [7, 11) is 0. The smallest absolute Gasteiger partial charge is 0.320 e. The quantitative estimate of drug-likeness (QED) is 0.152. The normalized spacial score (nSPS) is 9.88. The summed E-state index contributed by atoms with van der Waals surface area (Å²) in [5, 5.41) is 33.1. The molecule has 11 heteroatoms. The fourth-order valence-corrected chi connectivity index (χ4v) is 2.89. The predicted octanol–water partition coefficient (Wildman–Crippen LogP) is 6.14. The molecule has 0 heterocycles. The van der Waals surface area contributed by atoms with Crippen molar-refractivity contribution in [1.82, 2.24) is 9.80 Å². The zero-order chi connectivity index (χ0) is 33.8. The molecule has 0 bridgehead atoms. The van der Waals surface area contributed by atoms with E-state index in [2.05, 4.69) is 13.8 Å². The molecule has 0 amide bonds. The summed E-state index contributed by atoms with van der Waals surface area (Å²) < 4.78 is 0. The van der Waals surface area contributed by atoms with E-state index in [0.29, 0.717) is 12.8 Å². The van der Waals surface area contributed by atoms with E-state index in [0.717, 1.165) is 51.9 Å². The number of aliphatic carboxylic acids is 4. The molecule has 0 aliphatic rings. The summed E-state index contributed by atoms with van der Waals surface area (Å²) in [6.45, 7) is 24.4. The lowest BCUT2D eigenvalue weighted by atomic mass is 10.1. The lowest BCUT2D eigenvalue weighted by Crippen LogP contribution is -2.42. The highest BCUT2D eigenvalue weighted by atomic mass is 16.4. The number of carbonyl (C=O) groups excluding carboxylic acids is 1. The molecule has 0 aliphatic carbocycles. The Morgan fingerprint density at radius 2 is 0.902 bits per heavy atom. The zero-order valence-electron chi connectivity index (χ0n) is 28.0. The lowest BCUT2D eigenvalue weighted by Gasteiger charge is -2.27. The molecule has 0 aromatic rings. The van der Waals surface area contributed by atoms with Gasteiger partial charge >= 0.3 is 23.9 Å². The van der Waals surface area contributed by atoms with Gasteiger partial charge in [-0.05, 0) is 65.2 Å². The molecule has 1 atom stereocenters. The standard InChI is InChI=1S/C12H23NO3.C8H17NO2.2C3H6O2.2C2H6/c1-4-8-13(9-5-2)11(12(15)16)7-6-10(3)14;1-3-5-9(6-4-2)7-8(10)11;2*1-2-3(4)5;2*1-2/h11H,4-9H2,1-3H3,(H,15,16);3-7H2,1-2H3,(H,10,11);2*2H2,1H3,(H,4,5);2*1-2H3. The molecule has 1 unspecified atom stereocenters. The van der Waals surface area contributed by atoms with Crippen molar-refractivity contribution in [3.63, 3.8) is 0 Å². The fourth-order valence-electron chi connectivity index (χ4n) is 2.89. The maximum atomic E-state index is 11.2. The minimum absolute atomic E-state index is 0.0548. The van der Waals surface area contributed by atoms with Crippen molar-refractivity contribution in [2.45, 2.75) is 134 Å². The summed E-state index contributed by atoms with van der Waals surface area (Å²) in [6, 6.07) is -0.510. The van der Waals surface area contributed by atoms with Gasteiger partial charge in [0.2, 0.25) is 0 Å². The Balaban J connectivity index is -0.000000106. The van der Waals surface area contributed by atoms with Crippen LogP contribution < -0.4 is 0 Å². The molecule has 0 saturated carbocycles. The summed E-state index contributed by atoms with van der Waals surface area (Å²) in [5.74, 6) is -2.98. The van der Waals surface area contributed by atoms with Crippen molar-refractivity contribution in [2.24, 2.45) is 0 Å². The van der Waals surface area contributed by atoms with Crippen molar-refractivity contribution < 1.29 is 44.4 Å². The van der Waals surface area contributed by atoms with Gasteiger partial charge in [-0.25, -0.2) is 0 Å². The molecule has 0 rings (SSSR count). The number of rotatable bonds is 17. The monoisotopic (exact) mass is 596 g/mol. The van der Waals surface area contributed by atoms with Crippen molar-refractivity contribution in [2.75, 3.05) is 32.7 Å². The largest absolute Gasteiger partial charge is 0.481 e. The van der Waals surface area contributed by atoms with Gasteiger partial charge in [-0.15, -0.1) is 0 Å². The van der Waals surface area contributed by atoms with Crippen LogP contribution >= 0.6 is 0 Å². The van der Waals surface area contributed by atoms with Gasteiger partial charge in [-0.2, -0.15) is 0 Å². The molecule has 0 spiro atoms. The van der Waals surface area contributed by atoms with E-state index in [4.69, 9.17) is 20.4 Å². The number of ketones is 1. The fraction of sp³-hybridized carbons (Fsp3) is 0.833. The van der Waals surface area contributed by atoms with E-state index in [-0.39, 0.29) is 25.2 Å². The Bertz CT molecular complexity index is 589. The van der Waals surface area contributed by atoms with Crippen LogP contribution in [-0.2, 0) is 24.0 Å². The first-order chi connectivity index (χ1) is 19.3. The Hall–Kier alpha value is -2.53. The van der Waals surface area contributed by atoms with Gasteiger partial charge in [0.05, 0.1) is 6.54 Å². The summed E-state index contributed by atoms with van der Waals surface area (Å²) >= 11 is 0. The van der Waals surface area contributed by atoms with Crippen LogP contribution in [0.25, 0.3) is 0 Å². The van der Waals surface area contributed by atoms with Crippen molar-refractivity contribution in [1.29, 1.82) is 0 Å². The molecule has 41 heavy (non-hydrogen) atoms. The predicted molar refractivity (Wildman–Crippen MR) is 167 cm³/mol. The van der Waals surface area contributed by atoms with Crippen LogP contribution in [0.5, 0.6) is 0 Å². The van der Waals surface area contributed by atoms with Gasteiger partial charge in [-0.1, -0.05) is 69.2 Å². The molecule has 248 valence electrons. The third-order valence-corrected chi connectivity index (χ3v) is 4.56. The minimum Gasteiger partial charge on any atom is -0.481 e. The third kappa shape index (κ3) is 50.8. The van der Waals surface area contributed by atoms with Crippen molar-refractivity contribution >= 4 is 29.7 Å². The number of carboxylic acid groups (broad SMARTS) is 4. The topological polar surface area (TPSA) is 173 Å². The van der Waals surface area contributed by atoms with Crippen LogP contribution in [0.4, 0.5) is 0 Å². The van der Waals surface area contributed by atoms with Gasteiger partial charge in [0, 0.05) is 19.3 Å². The van der Waals surface area contributed by atoms with E-state index < -0.39 is 29.9 Å². The molecule has 0 aromatic carbocycles. The van der Waals surface area contributed by atoms with Gasteiger partial charge in [0.15, 0.2) is 0 Å². The van der Waals surface area contributed by atoms with E-state index in [1.165, 1.54) is 6.92 Å². The molecule has 4 N–H and O–H groups in total. The van der Waals surface area contributed by atoms with E-state index in [1.807, 2.05) is 51.3 Å². The summed E-state index contributed by atoms with van der Waals surface area (Å²) in [6.07, 6.45) is 5.12. The molecule has 0 aliphatic heterocycles. The first-order valence-corrected chi connectivity index (χ1v) is 15.1. The second-order valence-electron chi connectivity index (χ2n) is 8.30. The second-order valence-corrected chi connectivity index (χ2v) is 8.30. The highest BCUT2D eigenvalue weighted by Gasteiger charge is 2.24. The minimum atomic E-state index is -0.817. The third-order valence-electron chi connectivity index (χ3n) is 4.56. The van der Waals surface area contributed by atoms with Crippen molar-refractivity contribution in [3.8, 4) is 0 Å².